The number of carbonyl (C=O) groups excluding carboxylic acids is 2. The molecule has 0 heterocycles. The first-order valence-electron chi connectivity index (χ1n) is 5.74. The Morgan fingerprint density at radius 1 is 1.05 bits per heavy atom. The molecular weight excluding hydrogens is 276 g/mol. The largest absolute Gasteiger partial charge is 0.447 e. The van der Waals surface area contributed by atoms with Crippen LogP contribution in [0.3, 0.4) is 0 Å². The Morgan fingerprint density at radius 2 is 1.55 bits per heavy atom. The summed E-state index contributed by atoms with van der Waals surface area (Å²) in [5.41, 5.74) is 4.70. The Balaban J connectivity index is 3.42. The molecular formula is C10H20N2O8. The van der Waals surface area contributed by atoms with Crippen molar-refractivity contribution in [1.82, 2.24) is 5.32 Å². The highest BCUT2D eigenvalue weighted by molar-refractivity contribution is 5.66. The van der Waals surface area contributed by atoms with Crippen molar-refractivity contribution in [2.75, 3.05) is 40.3 Å². The normalized spacial score (nSPS) is 13.3. The zero-order valence-corrected chi connectivity index (χ0v) is 11.1. The number of primary amides is 1. The van der Waals surface area contributed by atoms with Gasteiger partial charge in [-0.1, -0.05) is 0 Å². The zero-order valence-electron chi connectivity index (χ0n) is 11.1. The second-order valence-corrected chi connectivity index (χ2v) is 3.65. The van der Waals surface area contributed by atoms with Gasteiger partial charge in [-0.25, -0.2) is 9.59 Å². The van der Waals surface area contributed by atoms with Crippen molar-refractivity contribution in [3.63, 3.8) is 0 Å². The van der Waals surface area contributed by atoms with Crippen LogP contribution in [-0.4, -0.2) is 74.9 Å². The molecule has 0 bridgehead atoms. The number of ether oxygens (including phenoxy) is 4. The minimum Gasteiger partial charge on any atom is -0.447 e. The maximum atomic E-state index is 10.7. The lowest BCUT2D eigenvalue weighted by Crippen LogP contribution is -2.29. The molecule has 0 aliphatic rings. The molecule has 0 aromatic heterocycles. The molecule has 0 rings (SSSR count). The number of hydrogen-bond donors (Lipinski definition) is 4. The van der Waals surface area contributed by atoms with E-state index in [0.717, 1.165) is 0 Å². The molecule has 0 fully saturated rings. The van der Waals surface area contributed by atoms with Crippen molar-refractivity contribution < 1.29 is 38.7 Å². The molecule has 5 N–H and O–H groups in total. The summed E-state index contributed by atoms with van der Waals surface area (Å²) < 4.78 is 18.7. The smallest absolute Gasteiger partial charge is 0.406 e. The van der Waals surface area contributed by atoms with Gasteiger partial charge in [0.15, 0.2) is 0 Å². The first kappa shape index (κ1) is 18.4. The van der Waals surface area contributed by atoms with Gasteiger partial charge >= 0.3 is 12.2 Å². The molecule has 2 unspecified atom stereocenters. The summed E-state index contributed by atoms with van der Waals surface area (Å²) >= 11 is 0. The summed E-state index contributed by atoms with van der Waals surface area (Å²) in [6.07, 6.45) is -3.65. The Labute approximate surface area is 115 Å². The number of nitrogens with two attached hydrogens (primary N) is 1. The van der Waals surface area contributed by atoms with Gasteiger partial charge in [0, 0.05) is 7.05 Å². The molecule has 0 aromatic carbocycles. The first-order chi connectivity index (χ1) is 9.45. The lowest BCUT2D eigenvalue weighted by molar-refractivity contribution is -0.107. The third-order valence-corrected chi connectivity index (χ3v) is 1.82. The van der Waals surface area contributed by atoms with Crippen LogP contribution in [0.1, 0.15) is 0 Å². The predicted octanol–water partition coefficient (Wildman–Crippen LogP) is -1.85. The Morgan fingerprint density at radius 3 is 2.00 bits per heavy atom. The van der Waals surface area contributed by atoms with Gasteiger partial charge in [-0.3, -0.25) is 0 Å². The van der Waals surface area contributed by atoms with Crippen LogP contribution in [0.15, 0.2) is 0 Å². The molecule has 2 atom stereocenters. The van der Waals surface area contributed by atoms with Crippen LogP contribution in [0.25, 0.3) is 0 Å². The summed E-state index contributed by atoms with van der Waals surface area (Å²) in [6, 6.07) is 0. The molecule has 10 nitrogen and oxygen atoms in total. The van der Waals surface area contributed by atoms with Gasteiger partial charge in [-0.05, 0) is 0 Å². The topological polar surface area (TPSA) is 150 Å². The lowest BCUT2D eigenvalue weighted by atomic mass is 10.4. The molecule has 0 aliphatic carbocycles. The number of aliphatic hydroxyl groups excluding tert-OH is 2. The minimum atomic E-state index is -1.02. The Bertz CT molecular complexity index is 288. The van der Waals surface area contributed by atoms with Crippen LogP contribution in [0.4, 0.5) is 9.59 Å². The molecule has 2 amide bonds. The average molecular weight is 296 g/mol. The fraction of sp³-hybridized carbons (Fsp3) is 0.800. The lowest BCUT2D eigenvalue weighted by Gasteiger charge is -2.13. The molecule has 118 valence electrons. The van der Waals surface area contributed by atoms with Crippen molar-refractivity contribution in [2.24, 2.45) is 5.73 Å². The third-order valence-electron chi connectivity index (χ3n) is 1.82. The minimum absolute atomic E-state index is 0.106. The van der Waals surface area contributed by atoms with E-state index in [0.29, 0.717) is 0 Å². The van der Waals surface area contributed by atoms with Crippen LogP contribution >= 0.6 is 0 Å². The predicted molar refractivity (Wildman–Crippen MR) is 64.7 cm³/mol. The van der Waals surface area contributed by atoms with Gasteiger partial charge in [0.2, 0.25) is 0 Å². The van der Waals surface area contributed by atoms with E-state index in [1.54, 1.807) is 0 Å². The molecule has 10 heteroatoms. The van der Waals surface area contributed by atoms with Crippen LogP contribution in [0.2, 0.25) is 0 Å². The van der Waals surface area contributed by atoms with E-state index >= 15 is 0 Å². The highest BCUT2D eigenvalue weighted by Gasteiger charge is 2.09. The molecule has 0 aromatic rings. The number of carbonyl (C=O) groups is 2. The molecule has 0 spiro atoms. The van der Waals surface area contributed by atoms with Crippen LogP contribution in [0.5, 0.6) is 0 Å². The van der Waals surface area contributed by atoms with Crippen molar-refractivity contribution in [1.29, 1.82) is 0 Å². The molecule has 0 aliphatic heterocycles. The summed E-state index contributed by atoms with van der Waals surface area (Å²) in [5, 5.41) is 20.8. The van der Waals surface area contributed by atoms with Crippen LogP contribution in [0, 0.1) is 0 Å². The number of aliphatic hydroxyl groups is 2. The summed E-state index contributed by atoms with van der Waals surface area (Å²) in [5.74, 6) is 0. The zero-order chi connectivity index (χ0) is 15.4. The first-order valence-corrected chi connectivity index (χ1v) is 5.74. The van der Waals surface area contributed by atoms with Crippen molar-refractivity contribution in [3.05, 3.63) is 0 Å². The summed E-state index contributed by atoms with van der Waals surface area (Å²) in [4.78, 5) is 20.9. The van der Waals surface area contributed by atoms with Gasteiger partial charge in [0.1, 0.15) is 32.2 Å². The van der Waals surface area contributed by atoms with E-state index in [1.165, 1.54) is 7.05 Å². The highest BCUT2D eigenvalue weighted by Crippen LogP contribution is 1.91. The maximum absolute atomic E-state index is 10.7. The van der Waals surface area contributed by atoms with Gasteiger partial charge in [0.05, 0.1) is 13.2 Å². The standard InChI is InChI=1S/C10H20N2O8/c1-12-10(16)20-5-8(14)3-18-6-17-2-7(13)4-19-9(11)15/h7-8,13-14H,2-6H2,1H3,(H2,11,15)(H,12,16). The van der Waals surface area contributed by atoms with Gasteiger partial charge in [0.25, 0.3) is 0 Å². The monoisotopic (exact) mass is 296 g/mol. The fourth-order valence-electron chi connectivity index (χ4n) is 0.946. The van der Waals surface area contributed by atoms with E-state index in [1.807, 2.05) is 0 Å². The van der Waals surface area contributed by atoms with Gasteiger partial charge in [-0.2, -0.15) is 0 Å². The molecule has 0 saturated carbocycles. The van der Waals surface area contributed by atoms with Gasteiger partial charge < -0.3 is 40.2 Å². The van der Waals surface area contributed by atoms with Crippen molar-refractivity contribution in [2.45, 2.75) is 12.2 Å². The number of rotatable bonds is 10. The van der Waals surface area contributed by atoms with E-state index < -0.39 is 24.4 Å². The van der Waals surface area contributed by atoms with Crippen LogP contribution < -0.4 is 11.1 Å². The van der Waals surface area contributed by atoms with E-state index in [-0.39, 0.29) is 33.2 Å². The molecule has 0 saturated heterocycles. The number of nitrogens with one attached hydrogen (secondary N) is 1. The van der Waals surface area contributed by atoms with E-state index in [9.17, 15) is 19.8 Å². The average Bonchev–Trinajstić information content (AvgIpc) is 2.41. The number of hydrogen-bond acceptors (Lipinski definition) is 8. The van der Waals surface area contributed by atoms with Crippen LogP contribution in [-0.2, 0) is 18.9 Å². The van der Waals surface area contributed by atoms with E-state index in [4.69, 9.17) is 15.2 Å². The van der Waals surface area contributed by atoms with Crippen molar-refractivity contribution >= 4 is 12.2 Å². The molecule has 20 heavy (non-hydrogen) atoms. The van der Waals surface area contributed by atoms with Crippen molar-refractivity contribution in [3.8, 4) is 0 Å². The summed E-state index contributed by atoms with van der Waals surface area (Å²) in [6.45, 7) is -0.916. The second kappa shape index (κ2) is 11.2. The number of amides is 2. The third kappa shape index (κ3) is 11.5. The quantitative estimate of drug-likeness (QED) is 0.271. The fourth-order valence-corrected chi connectivity index (χ4v) is 0.946. The highest BCUT2D eigenvalue weighted by atomic mass is 16.7. The van der Waals surface area contributed by atoms with Gasteiger partial charge in [-0.15, -0.1) is 0 Å². The second-order valence-electron chi connectivity index (χ2n) is 3.65. The number of alkyl carbamates (subject to hydrolysis) is 1. The van der Waals surface area contributed by atoms with E-state index in [2.05, 4.69) is 14.8 Å². The molecule has 0 radical (unpaired) electrons. The maximum Gasteiger partial charge on any atom is 0.406 e. The SMILES string of the molecule is CNC(=O)OCC(O)COCOCC(O)COC(N)=O. The Hall–Kier alpha value is -1.62. The Kier molecular flexibility index (Phi) is 10.3. The summed E-state index contributed by atoms with van der Waals surface area (Å²) in [7, 11) is 1.40.